The number of rotatable bonds is 7. The molecular weight excluding hydrogens is 432 g/mol. The first-order chi connectivity index (χ1) is 15.0. The summed E-state index contributed by atoms with van der Waals surface area (Å²) in [4.78, 5) is 30.9. The van der Waals surface area contributed by atoms with Crippen LogP contribution in [-0.2, 0) is 6.54 Å². The third kappa shape index (κ3) is 4.73. The lowest BCUT2D eigenvalue weighted by Gasteiger charge is -2.09. The van der Waals surface area contributed by atoms with Gasteiger partial charge in [0.1, 0.15) is 15.6 Å². The number of thiazole rings is 1. The number of hydrogen-bond donors (Lipinski definition) is 1. The Hall–Kier alpha value is -3.30. The van der Waals surface area contributed by atoms with Crippen LogP contribution >= 0.6 is 22.7 Å². The second kappa shape index (κ2) is 9.23. The molecule has 31 heavy (non-hydrogen) atoms. The fourth-order valence-corrected chi connectivity index (χ4v) is 4.77. The maximum absolute atomic E-state index is 12.6. The summed E-state index contributed by atoms with van der Waals surface area (Å²) in [6, 6.07) is 14.6. The van der Waals surface area contributed by atoms with Gasteiger partial charge in [0, 0.05) is 18.2 Å². The number of carbonyl (C=O) groups is 1. The van der Waals surface area contributed by atoms with Gasteiger partial charge in [-0.05, 0) is 48.7 Å². The maximum atomic E-state index is 12.6. The van der Waals surface area contributed by atoms with Gasteiger partial charge in [0.15, 0.2) is 0 Å². The summed E-state index contributed by atoms with van der Waals surface area (Å²) in [7, 11) is 1.61. The Morgan fingerprint density at radius 2 is 1.97 bits per heavy atom. The lowest BCUT2D eigenvalue weighted by Crippen LogP contribution is -2.31. The molecule has 4 rings (SSSR count). The van der Waals surface area contributed by atoms with Gasteiger partial charge in [-0.3, -0.25) is 9.59 Å². The van der Waals surface area contributed by atoms with Crippen molar-refractivity contribution in [2.75, 3.05) is 13.7 Å². The Bertz CT molecular complexity index is 1240. The second-order valence-electron chi connectivity index (χ2n) is 6.68. The van der Waals surface area contributed by atoms with Gasteiger partial charge in [-0.1, -0.05) is 6.07 Å². The largest absolute Gasteiger partial charge is 0.497 e. The van der Waals surface area contributed by atoms with Gasteiger partial charge in [-0.15, -0.1) is 22.7 Å². The minimum atomic E-state index is -0.222. The number of aromatic nitrogens is 3. The minimum Gasteiger partial charge on any atom is -0.497 e. The monoisotopic (exact) mass is 452 g/mol. The number of thiophene rings is 1. The van der Waals surface area contributed by atoms with Gasteiger partial charge in [0.25, 0.3) is 11.5 Å². The molecule has 0 fully saturated rings. The van der Waals surface area contributed by atoms with Crippen molar-refractivity contribution in [1.82, 2.24) is 20.1 Å². The van der Waals surface area contributed by atoms with E-state index >= 15 is 0 Å². The summed E-state index contributed by atoms with van der Waals surface area (Å²) in [5.74, 6) is 0.553. The topological polar surface area (TPSA) is 86.1 Å². The molecule has 0 atom stereocenters. The molecule has 1 amide bonds. The predicted octanol–water partition coefficient (Wildman–Crippen LogP) is 3.84. The lowest BCUT2D eigenvalue weighted by molar-refractivity contribution is 0.0955. The molecule has 9 heteroatoms. The average Bonchev–Trinajstić information content (AvgIpc) is 3.45. The quantitative estimate of drug-likeness (QED) is 0.460. The van der Waals surface area contributed by atoms with Gasteiger partial charge in [0.05, 0.1) is 29.9 Å². The van der Waals surface area contributed by atoms with E-state index < -0.39 is 0 Å². The number of carbonyl (C=O) groups excluding carboxylic acids is 1. The van der Waals surface area contributed by atoms with Crippen molar-refractivity contribution in [2.45, 2.75) is 13.5 Å². The van der Waals surface area contributed by atoms with Crippen LogP contribution in [0.25, 0.3) is 21.1 Å². The third-order valence-corrected chi connectivity index (χ3v) is 6.79. The standard InChI is InChI=1S/C22H20N4O3S2/c1-14-20(31-22(24-14)18-4-3-13-30-18)21(28)23-11-12-26-19(27)10-9-17(25-26)15-5-7-16(29-2)8-6-15/h3-10,13H,11-12H2,1-2H3,(H,23,28). The van der Waals surface area contributed by atoms with Gasteiger partial charge in [-0.2, -0.15) is 5.10 Å². The zero-order valence-electron chi connectivity index (χ0n) is 17.0. The Morgan fingerprint density at radius 1 is 1.16 bits per heavy atom. The normalized spacial score (nSPS) is 10.8. The van der Waals surface area contributed by atoms with Crippen LogP contribution in [0.1, 0.15) is 15.4 Å². The van der Waals surface area contributed by atoms with E-state index in [1.807, 2.05) is 48.7 Å². The second-order valence-corrected chi connectivity index (χ2v) is 8.62. The first kappa shape index (κ1) is 21.0. The van der Waals surface area contributed by atoms with E-state index in [4.69, 9.17) is 4.74 Å². The Kier molecular flexibility index (Phi) is 6.24. The maximum Gasteiger partial charge on any atom is 0.266 e. The average molecular weight is 453 g/mol. The molecule has 0 saturated heterocycles. The number of benzene rings is 1. The smallest absolute Gasteiger partial charge is 0.266 e. The first-order valence-corrected chi connectivity index (χ1v) is 11.3. The van der Waals surface area contributed by atoms with Crippen molar-refractivity contribution in [3.05, 3.63) is 74.8 Å². The molecule has 0 aliphatic heterocycles. The van der Waals surface area contributed by atoms with Crippen molar-refractivity contribution in [3.63, 3.8) is 0 Å². The van der Waals surface area contributed by atoms with Crippen LogP contribution in [0.5, 0.6) is 5.75 Å². The molecule has 3 heterocycles. The zero-order valence-corrected chi connectivity index (χ0v) is 18.6. The summed E-state index contributed by atoms with van der Waals surface area (Å²) in [6.45, 7) is 2.38. The highest BCUT2D eigenvalue weighted by atomic mass is 32.1. The Morgan fingerprint density at radius 3 is 2.68 bits per heavy atom. The summed E-state index contributed by atoms with van der Waals surface area (Å²) < 4.78 is 6.53. The molecule has 0 aliphatic carbocycles. The van der Waals surface area contributed by atoms with Crippen LogP contribution < -0.4 is 15.6 Å². The highest BCUT2D eigenvalue weighted by Gasteiger charge is 2.16. The van der Waals surface area contributed by atoms with Crippen molar-refractivity contribution < 1.29 is 9.53 Å². The van der Waals surface area contributed by atoms with E-state index in [0.29, 0.717) is 16.3 Å². The van der Waals surface area contributed by atoms with Gasteiger partial charge in [0.2, 0.25) is 0 Å². The first-order valence-electron chi connectivity index (χ1n) is 9.57. The van der Waals surface area contributed by atoms with Crippen LogP contribution in [0.3, 0.4) is 0 Å². The van der Waals surface area contributed by atoms with E-state index in [1.54, 1.807) is 24.5 Å². The SMILES string of the molecule is COc1ccc(-c2ccc(=O)n(CCNC(=O)c3sc(-c4cccs4)nc3C)n2)cc1. The van der Waals surface area contributed by atoms with E-state index in [9.17, 15) is 9.59 Å². The number of amides is 1. The molecule has 7 nitrogen and oxygen atoms in total. The van der Waals surface area contributed by atoms with E-state index in [2.05, 4.69) is 15.4 Å². The number of methoxy groups -OCH3 is 1. The zero-order chi connectivity index (χ0) is 21.8. The minimum absolute atomic E-state index is 0.197. The van der Waals surface area contributed by atoms with E-state index in [0.717, 1.165) is 21.2 Å². The van der Waals surface area contributed by atoms with Gasteiger partial charge in [-0.25, -0.2) is 9.67 Å². The number of nitrogens with zero attached hydrogens (tertiary/aromatic N) is 3. The van der Waals surface area contributed by atoms with E-state index in [1.165, 1.54) is 22.1 Å². The van der Waals surface area contributed by atoms with Crippen LogP contribution in [0.2, 0.25) is 0 Å². The van der Waals surface area contributed by atoms with Crippen LogP contribution in [0.15, 0.2) is 58.7 Å². The molecule has 0 radical (unpaired) electrons. The fraction of sp³-hybridized carbons (Fsp3) is 0.182. The highest BCUT2D eigenvalue weighted by molar-refractivity contribution is 7.22. The highest BCUT2D eigenvalue weighted by Crippen LogP contribution is 2.30. The molecule has 0 aliphatic rings. The molecule has 1 N–H and O–H groups in total. The van der Waals surface area contributed by atoms with Crippen LogP contribution in [0.4, 0.5) is 0 Å². The molecular formula is C22H20N4O3S2. The van der Waals surface area contributed by atoms with E-state index in [-0.39, 0.29) is 24.6 Å². The van der Waals surface area contributed by atoms with Crippen LogP contribution in [-0.4, -0.2) is 34.3 Å². The predicted molar refractivity (Wildman–Crippen MR) is 123 cm³/mol. The number of nitrogens with one attached hydrogen (secondary N) is 1. The molecule has 1 aromatic carbocycles. The molecule has 0 bridgehead atoms. The molecule has 0 saturated carbocycles. The van der Waals surface area contributed by atoms with Crippen molar-refractivity contribution in [3.8, 4) is 26.9 Å². The van der Waals surface area contributed by atoms with Crippen molar-refractivity contribution >= 4 is 28.6 Å². The number of aryl methyl sites for hydroxylation is 1. The molecule has 0 unspecified atom stereocenters. The summed E-state index contributed by atoms with van der Waals surface area (Å²) >= 11 is 2.96. The molecule has 3 aromatic heterocycles. The lowest BCUT2D eigenvalue weighted by atomic mass is 10.1. The van der Waals surface area contributed by atoms with Crippen LogP contribution in [0, 0.1) is 6.92 Å². The molecule has 0 spiro atoms. The summed E-state index contributed by atoms with van der Waals surface area (Å²) in [6.07, 6.45) is 0. The molecule has 4 aromatic rings. The Balaban J connectivity index is 1.42. The molecule has 158 valence electrons. The van der Waals surface area contributed by atoms with Gasteiger partial charge >= 0.3 is 0 Å². The van der Waals surface area contributed by atoms with Crippen molar-refractivity contribution in [2.24, 2.45) is 0 Å². The number of ether oxygens (including phenoxy) is 1. The Labute approximate surface area is 187 Å². The third-order valence-electron chi connectivity index (χ3n) is 4.60. The number of hydrogen-bond acceptors (Lipinski definition) is 7. The van der Waals surface area contributed by atoms with Crippen molar-refractivity contribution in [1.29, 1.82) is 0 Å². The summed E-state index contributed by atoms with van der Waals surface area (Å²) in [5.41, 5.74) is 2.02. The summed E-state index contributed by atoms with van der Waals surface area (Å²) in [5, 5.41) is 10.1. The van der Waals surface area contributed by atoms with Gasteiger partial charge < -0.3 is 10.1 Å². The fourth-order valence-electron chi connectivity index (χ4n) is 2.99.